The highest BCUT2D eigenvalue weighted by atomic mass is 79.9. The van der Waals surface area contributed by atoms with Gasteiger partial charge in [0.05, 0.1) is 16.6 Å². The van der Waals surface area contributed by atoms with Crippen LogP contribution in [0.15, 0.2) is 62.5 Å². The zero-order valence-electron chi connectivity index (χ0n) is 14.3. The number of rotatable bonds is 6. The lowest BCUT2D eigenvalue weighted by Gasteiger charge is -2.10. The van der Waals surface area contributed by atoms with Gasteiger partial charge in [0.25, 0.3) is 10.0 Å². The van der Waals surface area contributed by atoms with Crippen molar-refractivity contribution in [2.24, 2.45) is 0 Å². The number of halogens is 2. The summed E-state index contributed by atoms with van der Waals surface area (Å²) in [5.41, 5.74) is 0.553. The smallest absolute Gasteiger partial charge is 0.268 e. The van der Waals surface area contributed by atoms with E-state index in [-0.39, 0.29) is 4.90 Å². The molecule has 0 N–H and O–H groups in total. The third-order valence-corrected chi connectivity index (χ3v) is 6.58. The molecule has 2 aromatic carbocycles. The molecule has 5 nitrogen and oxygen atoms in total. The van der Waals surface area contributed by atoms with Crippen LogP contribution in [0.5, 0.6) is 5.75 Å². The van der Waals surface area contributed by atoms with Crippen molar-refractivity contribution in [3.05, 3.63) is 57.6 Å². The molecule has 0 fully saturated rings. The molecule has 0 aliphatic rings. The molecule has 1 heterocycles. The van der Waals surface area contributed by atoms with Crippen LogP contribution in [0.2, 0.25) is 0 Å². The van der Waals surface area contributed by atoms with E-state index in [9.17, 15) is 8.42 Å². The summed E-state index contributed by atoms with van der Waals surface area (Å²) >= 11 is 6.95. The van der Waals surface area contributed by atoms with Crippen LogP contribution >= 0.6 is 31.9 Å². The molecule has 138 valence electrons. The van der Waals surface area contributed by atoms with E-state index < -0.39 is 10.0 Å². The molecule has 0 saturated carbocycles. The zero-order chi connectivity index (χ0) is 18.9. The van der Waals surface area contributed by atoms with Gasteiger partial charge < -0.3 is 9.64 Å². The molecule has 1 aromatic heterocycles. The van der Waals surface area contributed by atoms with Crippen LogP contribution in [0.4, 0.5) is 0 Å². The van der Waals surface area contributed by atoms with Gasteiger partial charge in [-0.15, -0.1) is 0 Å². The molecule has 0 bridgehead atoms. The molecule has 0 spiro atoms. The number of aromatic nitrogens is 1. The normalized spacial score (nSPS) is 12.0. The van der Waals surface area contributed by atoms with E-state index in [1.165, 1.54) is 3.97 Å². The van der Waals surface area contributed by atoms with Crippen molar-refractivity contribution in [3.63, 3.8) is 0 Å². The molecule has 0 radical (unpaired) electrons. The van der Waals surface area contributed by atoms with Crippen molar-refractivity contribution in [2.75, 3.05) is 27.2 Å². The minimum absolute atomic E-state index is 0.228. The van der Waals surface area contributed by atoms with Crippen LogP contribution in [0.25, 0.3) is 10.9 Å². The highest BCUT2D eigenvalue weighted by molar-refractivity contribution is 9.11. The van der Waals surface area contributed by atoms with Gasteiger partial charge in [0.15, 0.2) is 0 Å². The van der Waals surface area contributed by atoms with Crippen LogP contribution in [0.1, 0.15) is 0 Å². The lowest BCUT2D eigenvalue weighted by atomic mass is 10.2. The molecule has 3 aromatic rings. The van der Waals surface area contributed by atoms with E-state index in [0.29, 0.717) is 22.3 Å². The fourth-order valence-corrected chi connectivity index (χ4v) is 5.50. The van der Waals surface area contributed by atoms with Gasteiger partial charge in [-0.2, -0.15) is 0 Å². The van der Waals surface area contributed by atoms with Crippen LogP contribution in [-0.2, 0) is 10.0 Å². The van der Waals surface area contributed by atoms with E-state index in [1.54, 1.807) is 36.5 Å². The van der Waals surface area contributed by atoms with E-state index in [2.05, 4.69) is 31.9 Å². The number of ether oxygens (including phenoxy) is 1. The largest absolute Gasteiger partial charge is 0.490 e. The molecule has 0 aliphatic heterocycles. The monoisotopic (exact) mass is 500 g/mol. The number of benzene rings is 2. The fraction of sp³-hybridized carbons (Fsp3) is 0.222. The Morgan fingerprint density at radius 1 is 1.12 bits per heavy atom. The Kier molecular flexibility index (Phi) is 5.76. The first-order valence-corrected chi connectivity index (χ1v) is 10.9. The Balaban J connectivity index is 2.17. The van der Waals surface area contributed by atoms with E-state index in [4.69, 9.17) is 4.74 Å². The Labute approximate surface area is 169 Å². The fourth-order valence-electron chi connectivity index (χ4n) is 2.57. The van der Waals surface area contributed by atoms with Crippen molar-refractivity contribution in [3.8, 4) is 5.75 Å². The third kappa shape index (κ3) is 3.83. The average Bonchev–Trinajstić information content (AvgIpc) is 2.95. The van der Waals surface area contributed by atoms with Crippen LogP contribution in [0, 0.1) is 0 Å². The van der Waals surface area contributed by atoms with Crippen molar-refractivity contribution in [2.45, 2.75) is 4.90 Å². The van der Waals surface area contributed by atoms with Gasteiger partial charge in [-0.05, 0) is 54.3 Å². The van der Waals surface area contributed by atoms with Crippen LogP contribution in [0.3, 0.4) is 0 Å². The van der Waals surface area contributed by atoms with E-state index in [1.807, 2.05) is 31.1 Å². The highest BCUT2D eigenvalue weighted by Gasteiger charge is 2.23. The van der Waals surface area contributed by atoms with Gasteiger partial charge in [0.2, 0.25) is 0 Å². The number of nitrogens with zero attached hydrogens (tertiary/aromatic N) is 2. The summed E-state index contributed by atoms with van der Waals surface area (Å²) in [4.78, 5) is 2.23. The number of hydrogen-bond donors (Lipinski definition) is 0. The molecule has 0 atom stereocenters. The quantitative estimate of drug-likeness (QED) is 0.504. The predicted octanol–water partition coefficient (Wildman–Crippen LogP) is 4.34. The second kappa shape index (κ2) is 7.72. The topological polar surface area (TPSA) is 51.5 Å². The van der Waals surface area contributed by atoms with E-state index >= 15 is 0 Å². The van der Waals surface area contributed by atoms with Crippen molar-refractivity contribution >= 4 is 52.8 Å². The first kappa shape index (κ1) is 19.4. The molecule has 3 rings (SSSR count). The third-order valence-electron chi connectivity index (χ3n) is 3.84. The zero-order valence-corrected chi connectivity index (χ0v) is 18.3. The Morgan fingerprint density at radius 3 is 2.46 bits per heavy atom. The van der Waals surface area contributed by atoms with Crippen LogP contribution in [-0.4, -0.2) is 44.5 Å². The molecule has 0 aliphatic carbocycles. The summed E-state index contributed by atoms with van der Waals surface area (Å²) in [6, 6.07) is 12.1. The number of fused-ring (bicyclic) bond motifs is 1. The van der Waals surface area contributed by atoms with Crippen molar-refractivity contribution in [1.29, 1.82) is 0 Å². The summed E-state index contributed by atoms with van der Waals surface area (Å²) in [6.45, 7) is 1.19. The van der Waals surface area contributed by atoms with Gasteiger partial charge in [-0.3, -0.25) is 0 Å². The summed E-state index contributed by atoms with van der Waals surface area (Å²) in [7, 11) is 0.176. The maximum absolute atomic E-state index is 13.1. The second-order valence-electron chi connectivity index (χ2n) is 6.04. The van der Waals surface area contributed by atoms with Gasteiger partial charge in [-0.25, -0.2) is 12.4 Å². The first-order valence-electron chi connectivity index (χ1n) is 7.89. The van der Waals surface area contributed by atoms with Gasteiger partial charge >= 0.3 is 0 Å². The average molecular weight is 502 g/mol. The molecule has 0 saturated heterocycles. The minimum Gasteiger partial charge on any atom is -0.490 e. The number of likely N-dealkylation sites (N-methyl/N-ethyl adjacent to an activating group) is 1. The predicted molar refractivity (Wildman–Crippen MR) is 110 cm³/mol. The lowest BCUT2D eigenvalue weighted by Crippen LogP contribution is -2.19. The lowest BCUT2D eigenvalue weighted by molar-refractivity contribution is 0.263. The molecular formula is C18H18Br2N2O3S. The Morgan fingerprint density at radius 2 is 1.81 bits per heavy atom. The standard InChI is InChI=1S/C18H18Br2N2O3S/c1-21(2)8-9-25-17-12-22(18-15(17)10-13(19)11-16(18)20)26(23,24)14-6-4-3-5-7-14/h3-7,10-12H,8-9H2,1-2H3. The van der Waals surface area contributed by atoms with Gasteiger partial charge in [0.1, 0.15) is 12.4 Å². The van der Waals surface area contributed by atoms with Crippen LogP contribution < -0.4 is 4.74 Å². The first-order chi connectivity index (χ1) is 12.3. The highest BCUT2D eigenvalue weighted by Crippen LogP contribution is 2.38. The maximum Gasteiger partial charge on any atom is 0.268 e. The van der Waals surface area contributed by atoms with E-state index in [0.717, 1.165) is 16.4 Å². The summed E-state index contributed by atoms with van der Waals surface area (Å²) in [5.74, 6) is 0.531. The van der Waals surface area contributed by atoms with Crippen molar-refractivity contribution in [1.82, 2.24) is 8.87 Å². The van der Waals surface area contributed by atoms with Gasteiger partial charge in [-0.1, -0.05) is 34.1 Å². The minimum atomic E-state index is -3.74. The molecule has 0 amide bonds. The van der Waals surface area contributed by atoms with Gasteiger partial charge in [0, 0.05) is 20.9 Å². The summed E-state index contributed by atoms with van der Waals surface area (Å²) in [6.07, 6.45) is 1.54. The SMILES string of the molecule is CN(C)CCOc1cn(S(=O)(=O)c2ccccc2)c2c(Br)cc(Br)cc12. The molecule has 26 heavy (non-hydrogen) atoms. The molecular weight excluding hydrogens is 484 g/mol. The Hall–Kier alpha value is -1.35. The molecule has 0 unspecified atom stereocenters. The summed E-state index contributed by atoms with van der Waals surface area (Å²) < 4.78 is 35.0. The summed E-state index contributed by atoms with van der Waals surface area (Å²) in [5, 5.41) is 0.726. The van der Waals surface area contributed by atoms with Crippen molar-refractivity contribution < 1.29 is 13.2 Å². The number of hydrogen-bond acceptors (Lipinski definition) is 4. The second-order valence-corrected chi connectivity index (χ2v) is 9.63. The molecule has 8 heteroatoms. The Bertz CT molecular complexity index is 1030. The maximum atomic E-state index is 13.1.